The van der Waals surface area contributed by atoms with Crippen LogP contribution in [0.3, 0.4) is 0 Å². The monoisotopic (exact) mass is 386 g/mol. The number of hydrogen-bond acceptors (Lipinski definition) is 7. The Hall–Kier alpha value is -2.46. The molecule has 2 amide bonds. The largest absolute Gasteiger partial charge is 0.453 e. The summed E-state index contributed by atoms with van der Waals surface area (Å²) in [6.07, 6.45) is -1.58. The molecule has 1 rings (SSSR count). The van der Waals surface area contributed by atoms with Crippen molar-refractivity contribution in [1.29, 1.82) is 0 Å². The molecule has 0 radical (unpaired) electrons. The van der Waals surface area contributed by atoms with Gasteiger partial charge in [0.1, 0.15) is 0 Å². The molecule has 0 bridgehead atoms. The molecule has 2 N–H and O–H groups in total. The molecule has 0 saturated carbocycles. The number of carbonyl (C=O) groups is 3. The van der Waals surface area contributed by atoms with Gasteiger partial charge in [0.15, 0.2) is 6.10 Å². The lowest BCUT2D eigenvalue weighted by Gasteiger charge is -2.13. The van der Waals surface area contributed by atoms with E-state index in [2.05, 4.69) is 9.46 Å². The van der Waals surface area contributed by atoms with Crippen LogP contribution in [0.15, 0.2) is 29.2 Å². The van der Waals surface area contributed by atoms with Gasteiger partial charge in [0, 0.05) is 6.04 Å². The van der Waals surface area contributed by atoms with Gasteiger partial charge in [-0.3, -0.25) is 10.1 Å². The van der Waals surface area contributed by atoms with E-state index in [1.54, 1.807) is 6.92 Å². The molecular weight excluding hydrogens is 364 g/mol. The average molecular weight is 386 g/mol. The van der Waals surface area contributed by atoms with Crippen molar-refractivity contribution in [1.82, 2.24) is 10.0 Å². The van der Waals surface area contributed by atoms with Gasteiger partial charge in [0.2, 0.25) is 10.0 Å². The number of rotatable bonds is 7. The van der Waals surface area contributed by atoms with E-state index < -0.39 is 34.1 Å². The van der Waals surface area contributed by atoms with Gasteiger partial charge in [-0.05, 0) is 44.5 Å². The van der Waals surface area contributed by atoms with Gasteiger partial charge in [-0.15, -0.1) is 0 Å². The highest BCUT2D eigenvalue weighted by Gasteiger charge is 2.22. The number of esters is 1. The van der Waals surface area contributed by atoms with Crippen molar-refractivity contribution in [2.24, 2.45) is 0 Å². The number of benzene rings is 1. The highest BCUT2D eigenvalue weighted by atomic mass is 32.2. The molecule has 0 unspecified atom stereocenters. The SMILES string of the molecule is CC[C@@H](C)NS(=O)(=O)c1ccc(C(=O)O[C@@H](C)C(=O)NC(=O)OC)cc1. The fourth-order valence-electron chi connectivity index (χ4n) is 1.72. The van der Waals surface area contributed by atoms with Crippen LogP contribution >= 0.6 is 0 Å². The zero-order valence-corrected chi connectivity index (χ0v) is 15.8. The predicted octanol–water partition coefficient (Wildman–Crippen LogP) is 1.19. The summed E-state index contributed by atoms with van der Waals surface area (Å²) in [5, 5.41) is 1.87. The third kappa shape index (κ3) is 6.12. The normalized spacial score (nSPS) is 13.4. The summed E-state index contributed by atoms with van der Waals surface area (Å²) >= 11 is 0. The molecule has 0 spiro atoms. The van der Waals surface area contributed by atoms with Gasteiger partial charge < -0.3 is 9.47 Å². The number of amides is 2. The van der Waals surface area contributed by atoms with E-state index in [0.717, 1.165) is 7.11 Å². The van der Waals surface area contributed by atoms with Crippen molar-refractivity contribution in [2.45, 2.75) is 44.2 Å². The minimum Gasteiger partial charge on any atom is -0.453 e. The molecule has 0 aliphatic rings. The molecule has 1 aromatic rings. The summed E-state index contributed by atoms with van der Waals surface area (Å²) in [5.74, 6) is -1.68. The number of carbonyl (C=O) groups excluding carboxylic acids is 3. The van der Waals surface area contributed by atoms with E-state index in [-0.39, 0.29) is 16.5 Å². The maximum atomic E-state index is 12.2. The average Bonchev–Trinajstić information content (AvgIpc) is 2.60. The van der Waals surface area contributed by atoms with Crippen LogP contribution in [0.2, 0.25) is 0 Å². The molecular formula is C16H22N2O7S. The summed E-state index contributed by atoms with van der Waals surface area (Å²) < 4.78 is 36.0. The van der Waals surface area contributed by atoms with E-state index in [0.29, 0.717) is 6.42 Å². The molecule has 9 nitrogen and oxygen atoms in total. The Kier molecular flexibility index (Phi) is 7.72. The lowest BCUT2D eigenvalue weighted by atomic mass is 10.2. The zero-order valence-electron chi connectivity index (χ0n) is 14.9. The van der Waals surface area contributed by atoms with E-state index in [1.807, 2.05) is 12.2 Å². The van der Waals surface area contributed by atoms with Crippen molar-refractivity contribution in [3.8, 4) is 0 Å². The molecule has 10 heteroatoms. The van der Waals surface area contributed by atoms with Crippen LogP contribution in [0.4, 0.5) is 4.79 Å². The van der Waals surface area contributed by atoms with Gasteiger partial charge in [0.25, 0.3) is 5.91 Å². The second-order valence-electron chi connectivity index (χ2n) is 5.48. The van der Waals surface area contributed by atoms with Crippen LogP contribution in [-0.4, -0.2) is 45.6 Å². The Morgan fingerprint density at radius 3 is 2.19 bits per heavy atom. The standard InChI is InChI=1S/C16H22N2O7S/c1-5-10(2)18-26(22,23)13-8-6-12(7-9-13)15(20)25-11(3)14(19)17-16(21)24-4/h6-11,18H,5H2,1-4H3,(H,17,19,21)/t10-,11+/m1/s1. The molecule has 2 atom stereocenters. The van der Waals surface area contributed by atoms with Crippen LogP contribution in [0.1, 0.15) is 37.6 Å². The maximum Gasteiger partial charge on any atom is 0.413 e. The fraction of sp³-hybridized carbons (Fsp3) is 0.438. The number of alkyl carbamates (subject to hydrolysis) is 1. The smallest absolute Gasteiger partial charge is 0.413 e. The minimum atomic E-state index is -3.68. The van der Waals surface area contributed by atoms with Gasteiger partial charge in [-0.2, -0.15) is 0 Å². The Bertz CT molecular complexity index is 759. The summed E-state index contributed by atoms with van der Waals surface area (Å²) in [5.41, 5.74) is 0.0604. The van der Waals surface area contributed by atoms with Gasteiger partial charge in [0.05, 0.1) is 17.6 Å². The molecule has 0 aliphatic carbocycles. The molecule has 0 aliphatic heterocycles. The van der Waals surface area contributed by atoms with Crippen molar-refractivity contribution >= 4 is 28.0 Å². The summed E-state index contributed by atoms with van der Waals surface area (Å²) in [6, 6.07) is 4.86. The Labute approximate surface area is 152 Å². The van der Waals surface area contributed by atoms with Crippen LogP contribution < -0.4 is 10.0 Å². The second kappa shape index (κ2) is 9.30. The molecule has 0 aromatic heterocycles. The first-order valence-corrected chi connectivity index (χ1v) is 9.31. The lowest BCUT2D eigenvalue weighted by Crippen LogP contribution is -2.39. The van der Waals surface area contributed by atoms with E-state index >= 15 is 0 Å². The molecule has 0 heterocycles. The minimum absolute atomic E-state index is 0.00540. The highest BCUT2D eigenvalue weighted by Crippen LogP contribution is 2.13. The quantitative estimate of drug-likeness (QED) is 0.674. The molecule has 1 aromatic carbocycles. The van der Waals surface area contributed by atoms with Crippen molar-refractivity contribution in [3.63, 3.8) is 0 Å². The van der Waals surface area contributed by atoms with Gasteiger partial charge in [-0.1, -0.05) is 6.92 Å². The zero-order chi connectivity index (χ0) is 19.9. The maximum absolute atomic E-state index is 12.2. The first kappa shape index (κ1) is 21.6. The molecule has 144 valence electrons. The van der Waals surface area contributed by atoms with E-state index in [4.69, 9.17) is 4.74 Å². The number of hydrogen-bond donors (Lipinski definition) is 2. The first-order chi connectivity index (χ1) is 12.1. The third-order valence-corrected chi connectivity index (χ3v) is 5.04. The van der Waals surface area contributed by atoms with E-state index in [9.17, 15) is 22.8 Å². The number of nitrogens with one attached hydrogen (secondary N) is 2. The number of sulfonamides is 1. The van der Waals surface area contributed by atoms with Crippen molar-refractivity contribution in [2.75, 3.05) is 7.11 Å². The summed E-state index contributed by atoms with van der Waals surface area (Å²) in [7, 11) is -2.60. The molecule has 0 fully saturated rings. The molecule has 0 saturated heterocycles. The number of ether oxygens (including phenoxy) is 2. The van der Waals surface area contributed by atoms with Crippen molar-refractivity contribution in [3.05, 3.63) is 29.8 Å². The van der Waals surface area contributed by atoms with Gasteiger partial charge >= 0.3 is 12.1 Å². The topological polar surface area (TPSA) is 128 Å². The summed E-state index contributed by atoms with van der Waals surface area (Å²) in [6.45, 7) is 4.87. The number of imide groups is 1. The first-order valence-electron chi connectivity index (χ1n) is 7.82. The van der Waals surface area contributed by atoms with Crippen LogP contribution in [0, 0.1) is 0 Å². The highest BCUT2D eigenvalue weighted by molar-refractivity contribution is 7.89. The Morgan fingerprint density at radius 2 is 1.69 bits per heavy atom. The van der Waals surface area contributed by atoms with Crippen LogP contribution in [0.25, 0.3) is 0 Å². The van der Waals surface area contributed by atoms with Crippen molar-refractivity contribution < 1.29 is 32.3 Å². The van der Waals surface area contributed by atoms with Crippen LogP contribution in [-0.2, 0) is 24.3 Å². The third-order valence-electron chi connectivity index (χ3n) is 3.43. The predicted molar refractivity (Wildman–Crippen MR) is 91.9 cm³/mol. The van der Waals surface area contributed by atoms with E-state index in [1.165, 1.54) is 31.2 Å². The fourth-order valence-corrected chi connectivity index (χ4v) is 3.05. The second-order valence-corrected chi connectivity index (χ2v) is 7.20. The summed E-state index contributed by atoms with van der Waals surface area (Å²) in [4.78, 5) is 34.6. The van der Waals surface area contributed by atoms with Gasteiger partial charge in [-0.25, -0.2) is 22.7 Å². The Balaban J connectivity index is 2.77. The molecule has 26 heavy (non-hydrogen) atoms. The number of methoxy groups -OCH3 is 1. The Morgan fingerprint density at radius 1 is 1.12 bits per heavy atom. The van der Waals surface area contributed by atoms with Crippen LogP contribution in [0.5, 0.6) is 0 Å². The lowest BCUT2D eigenvalue weighted by molar-refractivity contribution is -0.128.